The average Bonchev–Trinajstić information content (AvgIpc) is 2.98. The summed E-state index contributed by atoms with van der Waals surface area (Å²) in [6, 6.07) is 0. The van der Waals surface area contributed by atoms with Gasteiger partial charge in [-0.05, 0) is 19.8 Å². The highest BCUT2D eigenvalue weighted by Crippen LogP contribution is 2.36. The summed E-state index contributed by atoms with van der Waals surface area (Å²) in [6.07, 6.45) is 2.39. The summed E-state index contributed by atoms with van der Waals surface area (Å²) >= 11 is 0. The number of carbonyl (C=O) groups excluding carboxylic acids is 3. The Morgan fingerprint density at radius 1 is 0.953 bits per heavy atom. The number of nitro groups is 1. The molecular weight excluding hydrogens is 579 g/mol. The molecule has 15 nitrogen and oxygen atoms in total. The van der Waals surface area contributed by atoms with Crippen LogP contribution in [0.15, 0.2) is 0 Å². The Bertz CT molecular complexity index is 1280. The Hall–Kier alpha value is -4.90. The highest BCUT2D eigenvalue weighted by molar-refractivity contribution is 5.97. The van der Waals surface area contributed by atoms with Crippen LogP contribution >= 0.6 is 0 Å². The molecule has 1 heterocycles. The number of methoxy groups -OCH3 is 1. The molecule has 18 heteroatoms. The molecule has 0 fully saturated rings. The zero-order valence-corrected chi connectivity index (χ0v) is 24.2. The summed E-state index contributed by atoms with van der Waals surface area (Å²) in [7, 11) is 1.31. The number of carbonyl (C=O) groups is 3. The van der Waals surface area contributed by atoms with Gasteiger partial charge in [-0.3, -0.25) is 24.5 Å². The van der Waals surface area contributed by atoms with Gasteiger partial charge in [0.05, 0.1) is 24.1 Å². The van der Waals surface area contributed by atoms with Gasteiger partial charge in [0, 0.05) is 32.7 Å². The molecule has 0 saturated carbocycles. The minimum absolute atomic E-state index is 0.0203. The molecule has 0 atom stereocenters. The molecule has 0 unspecified atom stereocenters. The van der Waals surface area contributed by atoms with Gasteiger partial charge in [-0.1, -0.05) is 13.8 Å². The van der Waals surface area contributed by atoms with E-state index in [-0.39, 0.29) is 37.0 Å². The number of rotatable bonds is 16. The minimum atomic E-state index is -1.89. The van der Waals surface area contributed by atoms with Crippen LogP contribution in [0.1, 0.15) is 49.3 Å². The third-order valence-corrected chi connectivity index (χ3v) is 5.38. The van der Waals surface area contributed by atoms with Gasteiger partial charge in [0.2, 0.25) is 12.2 Å². The molecule has 2 aromatic rings. The van der Waals surface area contributed by atoms with Crippen LogP contribution in [0.3, 0.4) is 0 Å². The number of nitrogens with one attached hydrogen (secondary N) is 5. The quantitative estimate of drug-likeness (QED) is 0.0305. The van der Waals surface area contributed by atoms with E-state index in [1.54, 1.807) is 6.92 Å². The first-order chi connectivity index (χ1) is 20.4. The van der Waals surface area contributed by atoms with Crippen molar-refractivity contribution in [1.82, 2.24) is 20.6 Å². The number of halogens is 3. The second kappa shape index (κ2) is 18.5. The van der Waals surface area contributed by atoms with Crippen molar-refractivity contribution in [3.63, 3.8) is 0 Å². The molecule has 0 saturated heterocycles. The largest absolute Gasteiger partial charge is 0.469 e. The third kappa shape index (κ3) is 10.8. The number of anilines is 4. The van der Waals surface area contributed by atoms with Crippen molar-refractivity contribution in [2.24, 2.45) is 0 Å². The Labute approximate surface area is 245 Å². The molecule has 2 amide bonds. The standard InChI is InChI=1S/C20H27F3N8O3.C5H9NO3/c1-4-6-26-18-10(3)29-19(27-7-5-2)16(30-18)20(32)28-9-8-25-15-13(23)14(24)11(21)12(22)17(15)31(33)34;1-9-5(8)2-3-6-4-7/h25H,4-9,24H2,1-3H3,(H,26,30)(H,27,29)(H,28,32);4H,2-3H2,1H3,(H,6,7). The van der Waals surface area contributed by atoms with Crippen LogP contribution in [0, 0.1) is 34.5 Å². The van der Waals surface area contributed by atoms with Crippen LogP contribution in [0.4, 0.5) is 41.9 Å². The summed E-state index contributed by atoms with van der Waals surface area (Å²) in [5.41, 5.74) is 2.24. The van der Waals surface area contributed by atoms with Gasteiger partial charge < -0.3 is 37.1 Å². The molecule has 7 N–H and O–H groups in total. The fourth-order valence-corrected chi connectivity index (χ4v) is 3.24. The fraction of sp³-hybridized carbons (Fsp3) is 0.480. The maximum atomic E-state index is 14.2. The van der Waals surface area contributed by atoms with E-state index in [4.69, 9.17) is 5.73 Å². The number of aryl methyl sites for hydroxylation is 1. The van der Waals surface area contributed by atoms with E-state index in [0.717, 1.165) is 12.8 Å². The number of nitrogen functional groups attached to an aromatic ring is 1. The lowest BCUT2D eigenvalue weighted by Gasteiger charge is -2.15. The molecule has 2 rings (SSSR count). The van der Waals surface area contributed by atoms with E-state index in [1.165, 1.54) is 7.11 Å². The van der Waals surface area contributed by atoms with Crippen molar-refractivity contribution in [2.75, 3.05) is 61.5 Å². The average molecular weight is 616 g/mol. The first-order valence-corrected chi connectivity index (χ1v) is 13.2. The normalized spacial score (nSPS) is 10.1. The molecule has 0 spiro atoms. The number of nitro benzene ring substituents is 1. The smallest absolute Gasteiger partial charge is 0.333 e. The molecule has 238 valence electrons. The van der Waals surface area contributed by atoms with Gasteiger partial charge in [-0.25, -0.2) is 18.7 Å². The summed E-state index contributed by atoms with van der Waals surface area (Å²) in [6.45, 7) is 6.78. The number of esters is 1. The van der Waals surface area contributed by atoms with Gasteiger partial charge in [0.1, 0.15) is 11.5 Å². The van der Waals surface area contributed by atoms with Crippen molar-refractivity contribution in [1.29, 1.82) is 0 Å². The van der Waals surface area contributed by atoms with Crippen LogP contribution < -0.4 is 32.3 Å². The summed E-state index contributed by atoms with van der Waals surface area (Å²) in [5, 5.41) is 24.4. The Morgan fingerprint density at radius 2 is 1.58 bits per heavy atom. The summed E-state index contributed by atoms with van der Waals surface area (Å²) in [4.78, 5) is 51.3. The first-order valence-electron chi connectivity index (χ1n) is 13.2. The zero-order valence-electron chi connectivity index (χ0n) is 24.2. The van der Waals surface area contributed by atoms with Gasteiger partial charge >= 0.3 is 11.7 Å². The Morgan fingerprint density at radius 3 is 2.14 bits per heavy atom. The van der Waals surface area contributed by atoms with Crippen molar-refractivity contribution in [3.8, 4) is 0 Å². The minimum Gasteiger partial charge on any atom is -0.469 e. The van der Waals surface area contributed by atoms with Gasteiger partial charge in [-0.15, -0.1) is 0 Å². The van der Waals surface area contributed by atoms with Gasteiger partial charge in [0.15, 0.2) is 28.8 Å². The number of amides is 2. The second-order valence-electron chi connectivity index (χ2n) is 8.63. The van der Waals surface area contributed by atoms with Gasteiger partial charge in [-0.2, -0.15) is 4.39 Å². The molecule has 1 aromatic carbocycles. The highest BCUT2D eigenvalue weighted by atomic mass is 19.2. The molecular formula is C25H36F3N9O6. The van der Waals surface area contributed by atoms with Crippen molar-refractivity contribution < 1.29 is 37.2 Å². The van der Waals surface area contributed by atoms with E-state index in [0.29, 0.717) is 37.6 Å². The molecule has 0 aliphatic carbocycles. The number of hydrogen-bond donors (Lipinski definition) is 6. The predicted octanol–water partition coefficient (Wildman–Crippen LogP) is 2.47. The van der Waals surface area contributed by atoms with Crippen LogP contribution in [-0.4, -0.2) is 73.0 Å². The Kier molecular flexibility index (Phi) is 15.6. The highest BCUT2D eigenvalue weighted by Gasteiger charge is 2.31. The SMILES string of the molecule is CCCNc1nc(C(=O)NCCNc2c(F)c(N)c(F)c(F)c2[N+](=O)[O-])c(NCCC)nc1C.COC(=O)CCNC=O. The molecule has 0 bridgehead atoms. The predicted molar refractivity (Wildman–Crippen MR) is 153 cm³/mol. The van der Waals surface area contributed by atoms with E-state index in [9.17, 15) is 37.7 Å². The second-order valence-corrected chi connectivity index (χ2v) is 8.63. The summed E-state index contributed by atoms with van der Waals surface area (Å²) in [5.74, 6) is -5.43. The van der Waals surface area contributed by atoms with Crippen LogP contribution in [0.25, 0.3) is 0 Å². The molecule has 0 aliphatic rings. The maximum absolute atomic E-state index is 14.2. The number of hydrogen-bond acceptors (Lipinski definition) is 12. The first kappa shape index (κ1) is 36.1. The fourth-order valence-electron chi connectivity index (χ4n) is 3.24. The van der Waals surface area contributed by atoms with Crippen molar-refractivity contribution in [2.45, 2.75) is 40.0 Å². The Balaban J connectivity index is 0.000000887. The van der Waals surface area contributed by atoms with E-state index < -0.39 is 45.3 Å². The monoisotopic (exact) mass is 615 g/mol. The van der Waals surface area contributed by atoms with Crippen molar-refractivity contribution in [3.05, 3.63) is 39.0 Å². The van der Waals surface area contributed by atoms with E-state index >= 15 is 0 Å². The number of nitrogens with two attached hydrogens (primary N) is 1. The number of aromatic nitrogens is 2. The molecule has 0 radical (unpaired) electrons. The van der Waals surface area contributed by atoms with Crippen molar-refractivity contribution >= 4 is 47.0 Å². The lowest BCUT2D eigenvalue weighted by atomic mass is 10.2. The van der Waals surface area contributed by atoms with E-state index in [2.05, 4.69) is 41.3 Å². The van der Waals surface area contributed by atoms with Crippen LogP contribution in [0.2, 0.25) is 0 Å². The van der Waals surface area contributed by atoms with Crippen LogP contribution in [0.5, 0.6) is 0 Å². The van der Waals surface area contributed by atoms with Crippen LogP contribution in [-0.2, 0) is 14.3 Å². The molecule has 1 aromatic heterocycles. The number of benzene rings is 1. The van der Waals surface area contributed by atoms with E-state index in [1.807, 2.05) is 13.8 Å². The summed E-state index contributed by atoms with van der Waals surface area (Å²) < 4.78 is 46.1. The number of ether oxygens (including phenoxy) is 1. The lowest BCUT2D eigenvalue weighted by molar-refractivity contribution is -0.387. The molecule has 43 heavy (non-hydrogen) atoms. The molecule has 0 aliphatic heterocycles. The zero-order chi connectivity index (χ0) is 32.5. The maximum Gasteiger partial charge on any atom is 0.333 e. The lowest BCUT2D eigenvalue weighted by Crippen LogP contribution is -2.31. The third-order valence-electron chi connectivity index (χ3n) is 5.38. The van der Waals surface area contributed by atoms with Gasteiger partial charge in [0.25, 0.3) is 5.91 Å². The number of nitrogens with zero attached hydrogens (tertiary/aromatic N) is 3. The topological polar surface area (TPSA) is 216 Å².